The average molecular weight is 207 g/mol. The van der Waals surface area contributed by atoms with E-state index in [1.54, 1.807) is 11.8 Å². The summed E-state index contributed by atoms with van der Waals surface area (Å²) >= 11 is 7.03. The zero-order valence-corrected chi connectivity index (χ0v) is 8.84. The van der Waals surface area contributed by atoms with Crippen LogP contribution in [0.1, 0.15) is 0 Å². The number of hydrogen-bond acceptors (Lipinski definition) is 2. The number of benzene rings is 1. The zero-order chi connectivity index (χ0) is 9.26. The summed E-state index contributed by atoms with van der Waals surface area (Å²) in [7, 11) is 0. The van der Waals surface area contributed by atoms with Crippen LogP contribution in [0.15, 0.2) is 35.4 Å². The van der Waals surface area contributed by atoms with Crippen LogP contribution in [0.5, 0.6) is 0 Å². The van der Waals surface area contributed by atoms with Gasteiger partial charge in [0.25, 0.3) is 0 Å². The van der Waals surface area contributed by atoms with Gasteiger partial charge in [-0.15, -0.1) is 11.8 Å². The first kappa shape index (κ1) is 8.78. The van der Waals surface area contributed by atoms with Crippen LogP contribution in [-0.4, -0.2) is 11.2 Å². The fraction of sp³-hybridized carbons (Fsp3) is 0.100. The monoisotopic (exact) mass is 207 g/mol. The van der Waals surface area contributed by atoms with Crippen LogP contribution in [-0.2, 0) is 0 Å². The maximum Gasteiger partial charge on any atom is 0.0620 e. The molecule has 0 saturated heterocycles. The van der Waals surface area contributed by atoms with Gasteiger partial charge in [-0.1, -0.05) is 30.4 Å². The molecule has 1 aromatic carbocycles. The summed E-state index contributed by atoms with van der Waals surface area (Å²) in [5.74, 6) is 0. The van der Waals surface area contributed by atoms with E-state index in [1.807, 2.05) is 36.7 Å². The van der Waals surface area contributed by atoms with Gasteiger partial charge in [0.05, 0.1) is 4.51 Å². The molecule has 1 aromatic heterocycles. The van der Waals surface area contributed by atoms with Crippen LogP contribution in [0, 0.1) is 4.51 Å². The average Bonchev–Trinajstić information content (AvgIpc) is 2.19. The molecule has 13 heavy (non-hydrogen) atoms. The molecule has 0 aliphatic rings. The van der Waals surface area contributed by atoms with E-state index in [9.17, 15) is 0 Å². The molecule has 1 N–H and O–H groups in total. The first-order valence-electron chi connectivity index (χ1n) is 3.97. The van der Waals surface area contributed by atoms with Crippen LogP contribution < -0.4 is 0 Å². The lowest BCUT2D eigenvalue weighted by Crippen LogP contribution is -1.81. The van der Waals surface area contributed by atoms with E-state index in [0.717, 1.165) is 20.3 Å². The number of aromatic nitrogens is 1. The highest BCUT2D eigenvalue weighted by Crippen LogP contribution is 2.21. The SMILES string of the molecule is CSc1c[nH]c2ccccc2c1=S. The maximum absolute atomic E-state index is 5.35. The molecule has 1 nitrogen and oxygen atoms in total. The lowest BCUT2D eigenvalue weighted by Gasteiger charge is -2.01. The Kier molecular flexibility index (Phi) is 2.38. The van der Waals surface area contributed by atoms with Crippen LogP contribution in [0.2, 0.25) is 0 Å². The fourth-order valence-electron chi connectivity index (χ4n) is 1.30. The molecule has 3 heteroatoms. The molecule has 1 heterocycles. The molecule has 0 aliphatic carbocycles. The summed E-state index contributed by atoms with van der Waals surface area (Å²) in [6.45, 7) is 0. The number of hydrogen-bond donors (Lipinski definition) is 1. The quantitative estimate of drug-likeness (QED) is 0.567. The van der Waals surface area contributed by atoms with Crippen molar-refractivity contribution in [1.29, 1.82) is 0 Å². The number of pyridine rings is 1. The van der Waals surface area contributed by atoms with E-state index in [2.05, 4.69) is 4.98 Å². The van der Waals surface area contributed by atoms with Gasteiger partial charge in [0, 0.05) is 22.0 Å². The molecule has 0 spiro atoms. The van der Waals surface area contributed by atoms with Crippen molar-refractivity contribution in [1.82, 2.24) is 4.98 Å². The fourth-order valence-corrected chi connectivity index (χ4v) is 2.26. The molecule has 0 bridgehead atoms. The number of fused-ring (bicyclic) bond motifs is 1. The summed E-state index contributed by atoms with van der Waals surface area (Å²) < 4.78 is 0.946. The summed E-state index contributed by atoms with van der Waals surface area (Å²) in [6, 6.07) is 8.10. The summed E-state index contributed by atoms with van der Waals surface area (Å²) in [6.07, 6.45) is 4.00. The minimum atomic E-state index is 0.946. The lowest BCUT2D eigenvalue weighted by molar-refractivity contribution is 1.29. The third kappa shape index (κ3) is 1.49. The molecular weight excluding hydrogens is 198 g/mol. The van der Waals surface area contributed by atoms with Crippen LogP contribution in [0.25, 0.3) is 10.9 Å². The Morgan fingerprint density at radius 3 is 2.85 bits per heavy atom. The van der Waals surface area contributed by atoms with Crippen LogP contribution in [0.3, 0.4) is 0 Å². The number of H-pyrrole nitrogens is 1. The Balaban J connectivity index is 2.87. The normalized spacial score (nSPS) is 10.5. The van der Waals surface area contributed by atoms with Gasteiger partial charge < -0.3 is 4.98 Å². The third-order valence-corrected chi connectivity index (χ3v) is 3.30. The highest BCUT2D eigenvalue weighted by atomic mass is 32.2. The van der Waals surface area contributed by atoms with E-state index in [4.69, 9.17) is 12.2 Å². The van der Waals surface area contributed by atoms with Gasteiger partial charge in [-0.3, -0.25) is 0 Å². The van der Waals surface area contributed by atoms with E-state index in [1.165, 1.54) is 0 Å². The minimum absolute atomic E-state index is 0.946. The minimum Gasteiger partial charge on any atom is -0.360 e. The van der Waals surface area contributed by atoms with Crippen molar-refractivity contribution >= 4 is 34.9 Å². The lowest BCUT2D eigenvalue weighted by atomic mass is 10.2. The number of nitrogens with one attached hydrogen (secondary N) is 1. The first-order valence-corrected chi connectivity index (χ1v) is 5.60. The third-order valence-electron chi connectivity index (χ3n) is 1.97. The van der Waals surface area contributed by atoms with E-state index in [0.29, 0.717) is 0 Å². The molecule has 2 aromatic rings. The zero-order valence-electron chi connectivity index (χ0n) is 7.20. The Morgan fingerprint density at radius 2 is 2.08 bits per heavy atom. The van der Waals surface area contributed by atoms with Crippen molar-refractivity contribution in [2.75, 3.05) is 6.26 Å². The second-order valence-corrected chi connectivity index (χ2v) is 3.99. The van der Waals surface area contributed by atoms with Gasteiger partial charge in [0.2, 0.25) is 0 Å². The topological polar surface area (TPSA) is 15.8 Å². The van der Waals surface area contributed by atoms with Gasteiger partial charge in [-0.05, 0) is 12.3 Å². The molecule has 0 radical (unpaired) electrons. The smallest absolute Gasteiger partial charge is 0.0620 e. The van der Waals surface area contributed by atoms with Gasteiger partial charge in [-0.2, -0.15) is 0 Å². The van der Waals surface area contributed by atoms with Gasteiger partial charge in [0.1, 0.15) is 0 Å². The molecule has 0 atom stereocenters. The maximum atomic E-state index is 5.35. The summed E-state index contributed by atoms with van der Waals surface area (Å²) in [4.78, 5) is 4.36. The van der Waals surface area contributed by atoms with Crippen LogP contribution in [0.4, 0.5) is 0 Å². The van der Waals surface area contributed by atoms with E-state index in [-0.39, 0.29) is 0 Å². The molecule has 0 aliphatic heterocycles. The predicted molar refractivity (Wildman–Crippen MR) is 60.9 cm³/mol. The van der Waals surface area contributed by atoms with Crippen molar-refractivity contribution in [2.45, 2.75) is 4.90 Å². The molecule has 0 unspecified atom stereocenters. The molecule has 66 valence electrons. The number of aromatic amines is 1. The van der Waals surface area contributed by atoms with Crippen molar-refractivity contribution in [2.24, 2.45) is 0 Å². The Morgan fingerprint density at radius 1 is 1.31 bits per heavy atom. The summed E-state index contributed by atoms with van der Waals surface area (Å²) in [5.41, 5.74) is 1.10. The van der Waals surface area contributed by atoms with E-state index < -0.39 is 0 Å². The number of para-hydroxylation sites is 1. The van der Waals surface area contributed by atoms with E-state index >= 15 is 0 Å². The Labute approximate surface area is 86.2 Å². The molecular formula is C10H9NS2. The highest BCUT2D eigenvalue weighted by molar-refractivity contribution is 7.98. The van der Waals surface area contributed by atoms with Gasteiger partial charge >= 0.3 is 0 Å². The number of thioether (sulfide) groups is 1. The Bertz CT molecular complexity index is 487. The van der Waals surface area contributed by atoms with Crippen LogP contribution >= 0.6 is 24.0 Å². The van der Waals surface area contributed by atoms with Crippen molar-refractivity contribution < 1.29 is 0 Å². The molecule has 2 rings (SSSR count). The second kappa shape index (κ2) is 3.52. The van der Waals surface area contributed by atoms with Crippen molar-refractivity contribution in [3.8, 4) is 0 Å². The van der Waals surface area contributed by atoms with Crippen molar-refractivity contribution in [3.05, 3.63) is 35.0 Å². The largest absolute Gasteiger partial charge is 0.360 e. The van der Waals surface area contributed by atoms with Gasteiger partial charge in [-0.25, -0.2) is 0 Å². The molecule has 0 amide bonds. The molecule has 0 saturated carbocycles. The highest BCUT2D eigenvalue weighted by Gasteiger charge is 1.98. The summed E-state index contributed by atoms with van der Waals surface area (Å²) in [5, 5.41) is 1.13. The second-order valence-electron chi connectivity index (χ2n) is 2.73. The Hall–Kier alpha value is -0.800. The number of rotatable bonds is 1. The predicted octanol–water partition coefficient (Wildman–Crippen LogP) is 3.62. The standard InChI is InChI=1S/C10H9NS2/c1-13-9-6-11-8-5-3-2-4-7(8)10(9)12/h2-6H,1H3,(H,11,12). The van der Waals surface area contributed by atoms with Gasteiger partial charge in [0.15, 0.2) is 0 Å². The first-order chi connectivity index (χ1) is 6.33. The van der Waals surface area contributed by atoms with Crippen molar-refractivity contribution in [3.63, 3.8) is 0 Å². The molecule has 0 fully saturated rings.